The van der Waals surface area contributed by atoms with Crippen molar-refractivity contribution < 1.29 is 19.2 Å². The van der Waals surface area contributed by atoms with Crippen LogP contribution in [0.4, 0.5) is 5.82 Å². The molecule has 1 N–H and O–H groups in total. The van der Waals surface area contributed by atoms with Gasteiger partial charge in [-0.3, -0.25) is 0 Å². The molecule has 0 unspecified atom stereocenters. The summed E-state index contributed by atoms with van der Waals surface area (Å²) in [5, 5.41) is 13.3. The summed E-state index contributed by atoms with van der Waals surface area (Å²) in [5.74, 6) is -0.228. The van der Waals surface area contributed by atoms with Crippen LogP contribution in [-0.2, 0) is 9.53 Å². The van der Waals surface area contributed by atoms with Gasteiger partial charge in [-0.15, -0.1) is 0 Å². The molecule has 8 nitrogen and oxygen atoms in total. The average Bonchev–Trinajstić information content (AvgIpc) is 2.75. The summed E-state index contributed by atoms with van der Waals surface area (Å²) in [4.78, 5) is 20.8. The van der Waals surface area contributed by atoms with Crippen LogP contribution in [0.15, 0.2) is 10.9 Å². The highest BCUT2D eigenvalue weighted by Crippen LogP contribution is 2.33. The number of aliphatic carboxylic acids is 1. The average molecular weight is 278 g/mol. The Morgan fingerprint density at radius 3 is 3.00 bits per heavy atom. The van der Waals surface area contributed by atoms with Crippen molar-refractivity contribution in [3.05, 3.63) is 12.0 Å². The third-order valence-corrected chi connectivity index (χ3v) is 3.32. The lowest BCUT2D eigenvalue weighted by Gasteiger charge is -2.47. The van der Waals surface area contributed by atoms with E-state index >= 15 is 0 Å². The van der Waals surface area contributed by atoms with Crippen molar-refractivity contribution in [1.82, 2.24) is 15.1 Å². The van der Waals surface area contributed by atoms with E-state index in [1.54, 1.807) is 0 Å². The zero-order valence-electron chi connectivity index (χ0n) is 11.2. The third-order valence-electron chi connectivity index (χ3n) is 3.32. The molecule has 0 amide bonds. The second-order valence-electron chi connectivity index (χ2n) is 5.13. The van der Waals surface area contributed by atoms with Crippen molar-refractivity contribution in [2.75, 3.05) is 24.6 Å². The SMILES string of the molecule is Cc1noc2ncnc(N3CC(C)(OCC(=O)O)C3)c12. The van der Waals surface area contributed by atoms with Gasteiger partial charge < -0.3 is 19.3 Å². The van der Waals surface area contributed by atoms with Gasteiger partial charge in [-0.1, -0.05) is 5.16 Å². The van der Waals surface area contributed by atoms with E-state index < -0.39 is 11.6 Å². The fourth-order valence-corrected chi connectivity index (χ4v) is 2.38. The number of aromatic nitrogens is 3. The number of rotatable bonds is 4. The number of fused-ring (bicyclic) bond motifs is 1. The quantitative estimate of drug-likeness (QED) is 0.867. The number of anilines is 1. The van der Waals surface area contributed by atoms with Crippen molar-refractivity contribution in [3.8, 4) is 0 Å². The predicted octanol–water partition coefficient (Wildman–Crippen LogP) is 0.606. The fraction of sp³-hybridized carbons (Fsp3) is 0.500. The standard InChI is InChI=1S/C12H14N4O4/c1-7-9-10(13-6-14-11(9)20-15-7)16-4-12(2,5-16)19-3-8(17)18/h6H,3-5H2,1-2H3,(H,17,18). The first-order chi connectivity index (χ1) is 9.48. The molecule has 0 radical (unpaired) electrons. The molecule has 0 saturated carbocycles. The van der Waals surface area contributed by atoms with E-state index in [1.165, 1.54) is 6.33 Å². The van der Waals surface area contributed by atoms with Gasteiger partial charge in [0.2, 0.25) is 0 Å². The number of nitrogens with zero attached hydrogens (tertiary/aromatic N) is 4. The molecule has 3 rings (SSSR count). The van der Waals surface area contributed by atoms with Crippen LogP contribution in [-0.4, -0.2) is 51.5 Å². The minimum absolute atomic E-state index is 0.296. The maximum atomic E-state index is 10.5. The topological polar surface area (TPSA) is 102 Å². The Morgan fingerprint density at radius 1 is 1.55 bits per heavy atom. The Morgan fingerprint density at radius 2 is 2.30 bits per heavy atom. The van der Waals surface area contributed by atoms with Crippen molar-refractivity contribution in [3.63, 3.8) is 0 Å². The molecule has 8 heteroatoms. The van der Waals surface area contributed by atoms with Crippen molar-refractivity contribution >= 4 is 22.9 Å². The molecule has 20 heavy (non-hydrogen) atoms. The fourth-order valence-electron chi connectivity index (χ4n) is 2.38. The van der Waals surface area contributed by atoms with Crippen LogP contribution < -0.4 is 4.90 Å². The van der Waals surface area contributed by atoms with E-state index in [-0.39, 0.29) is 6.61 Å². The van der Waals surface area contributed by atoms with Crippen LogP contribution in [0.3, 0.4) is 0 Å². The number of carboxylic acid groups (broad SMARTS) is 1. The number of hydrogen-bond donors (Lipinski definition) is 1. The first-order valence-corrected chi connectivity index (χ1v) is 6.16. The maximum Gasteiger partial charge on any atom is 0.329 e. The number of hydrogen-bond acceptors (Lipinski definition) is 7. The van der Waals surface area contributed by atoms with E-state index in [9.17, 15) is 4.79 Å². The lowest BCUT2D eigenvalue weighted by Crippen LogP contribution is -2.62. The summed E-state index contributed by atoms with van der Waals surface area (Å²) in [6.45, 7) is 4.55. The van der Waals surface area contributed by atoms with Gasteiger partial charge in [0.25, 0.3) is 5.71 Å². The second-order valence-corrected chi connectivity index (χ2v) is 5.13. The van der Waals surface area contributed by atoms with Gasteiger partial charge in [0, 0.05) is 0 Å². The maximum absolute atomic E-state index is 10.5. The van der Waals surface area contributed by atoms with E-state index in [0.29, 0.717) is 18.8 Å². The van der Waals surface area contributed by atoms with Crippen molar-refractivity contribution in [2.24, 2.45) is 0 Å². The van der Waals surface area contributed by atoms with E-state index in [1.807, 2.05) is 18.7 Å². The summed E-state index contributed by atoms with van der Waals surface area (Å²) >= 11 is 0. The van der Waals surface area contributed by atoms with Gasteiger partial charge in [-0.25, -0.2) is 9.78 Å². The third kappa shape index (κ3) is 2.07. The molecule has 1 aliphatic rings. The van der Waals surface area contributed by atoms with E-state index in [4.69, 9.17) is 14.4 Å². The molecule has 0 aliphatic carbocycles. The Balaban J connectivity index is 1.78. The van der Waals surface area contributed by atoms with Gasteiger partial charge in [-0.05, 0) is 13.8 Å². The molecule has 0 bridgehead atoms. The summed E-state index contributed by atoms with van der Waals surface area (Å²) in [7, 11) is 0. The molecule has 1 saturated heterocycles. The molecule has 3 heterocycles. The Labute approximate surface area is 114 Å². The van der Waals surface area contributed by atoms with Crippen molar-refractivity contribution in [1.29, 1.82) is 0 Å². The first-order valence-electron chi connectivity index (χ1n) is 6.16. The highest BCUT2D eigenvalue weighted by atomic mass is 16.5. The van der Waals surface area contributed by atoms with E-state index in [2.05, 4.69) is 15.1 Å². The highest BCUT2D eigenvalue weighted by Gasteiger charge is 2.42. The van der Waals surface area contributed by atoms with Gasteiger partial charge in [-0.2, -0.15) is 4.98 Å². The zero-order valence-corrected chi connectivity index (χ0v) is 11.2. The first kappa shape index (κ1) is 12.8. The zero-order chi connectivity index (χ0) is 14.3. The minimum atomic E-state index is -0.969. The molecular formula is C12H14N4O4. The van der Waals surface area contributed by atoms with E-state index in [0.717, 1.165) is 16.9 Å². The largest absolute Gasteiger partial charge is 0.480 e. The molecule has 0 aromatic carbocycles. The molecule has 1 fully saturated rings. The monoisotopic (exact) mass is 278 g/mol. The summed E-state index contributed by atoms with van der Waals surface area (Å²) in [6.07, 6.45) is 1.43. The highest BCUT2D eigenvalue weighted by molar-refractivity contribution is 5.88. The van der Waals surface area contributed by atoms with Crippen LogP contribution in [0.5, 0.6) is 0 Å². The van der Waals surface area contributed by atoms with Gasteiger partial charge in [0.05, 0.1) is 18.8 Å². The lowest BCUT2D eigenvalue weighted by atomic mass is 9.96. The smallest absolute Gasteiger partial charge is 0.329 e. The normalized spacial score (nSPS) is 17.2. The van der Waals surface area contributed by atoms with Crippen LogP contribution >= 0.6 is 0 Å². The van der Waals surface area contributed by atoms with Crippen LogP contribution in [0.2, 0.25) is 0 Å². The molecular weight excluding hydrogens is 264 g/mol. The summed E-state index contributed by atoms with van der Waals surface area (Å²) < 4.78 is 10.5. The molecule has 1 aliphatic heterocycles. The minimum Gasteiger partial charge on any atom is -0.480 e. The predicted molar refractivity (Wildman–Crippen MR) is 68.5 cm³/mol. The molecule has 0 atom stereocenters. The number of ether oxygens (including phenoxy) is 1. The van der Waals surface area contributed by atoms with Gasteiger partial charge >= 0.3 is 5.97 Å². The Kier molecular flexibility index (Phi) is 2.82. The van der Waals surface area contributed by atoms with Crippen molar-refractivity contribution in [2.45, 2.75) is 19.4 Å². The molecule has 0 spiro atoms. The number of carbonyl (C=O) groups is 1. The summed E-state index contributed by atoms with van der Waals surface area (Å²) in [5.41, 5.74) is 0.712. The Bertz CT molecular complexity index is 663. The molecule has 106 valence electrons. The number of aryl methyl sites for hydroxylation is 1. The van der Waals surface area contributed by atoms with Crippen LogP contribution in [0.1, 0.15) is 12.6 Å². The van der Waals surface area contributed by atoms with Crippen LogP contribution in [0, 0.1) is 6.92 Å². The van der Waals surface area contributed by atoms with Gasteiger partial charge in [0.1, 0.15) is 29.7 Å². The van der Waals surface area contributed by atoms with Crippen LogP contribution in [0.25, 0.3) is 11.1 Å². The van der Waals surface area contributed by atoms with Gasteiger partial charge in [0.15, 0.2) is 0 Å². The summed E-state index contributed by atoms with van der Waals surface area (Å²) in [6, 6.07) is 0. The lowest BCUT2D eigenvalue weighted by molar-refractivity contribution is -0.150. The second kappa shape index (κ2) is 4.41. The molecule has 2 aromatic rings. The Hall–Kier alpha value is -2.22. The molecule has 2 aromatic heterocycles. The number of carboxylic acids is 1.